The van der Waals surface area contributed by atoms with E-state index in [0.717, 1.165) is 0 Å². The fourth-order valence-electron chi connectivity index (χ4n) is 1.99. The summed E-state index contributed by atoms with van der Waals surface area (Å²) in [5, 5.41) is 18.2. The van der Waals surface area contributed by atoms with E-state index in [-0.39, 0.29) is 90.0 Å². The van der Waals surface area contributed by atoms with Gasteiger partial charge in [-0.15, -0.1) is 0 Å². The standard InChI is InChI=1S/C12H19N4O8P.2Na/c17-2-8(18)3-24-9(4-23-7-25(20,21)22)1-16-6-15-10-11(16)13-5-14-12(10)19;;/h5-6,8-9,17-18H,1-4,7H2,(H,13,14,19)(H2,20,21,22);;/q;2*+1/p-2/t8?,9-;;/m1../s1. The van der Waals surface area contributed by atoms with Crippen molar-refractivity contribution in [1.82, 2.24) is 19.5 Å². The monoisotopic (exact) mass is 422 g/mol. The third-order valence-corrected chi connectivity index (χ3v) is 3.59. The number of nitrogens with zero attached hydrogens (tertiary/aromatic N) is 3. The smallest absolute Gasteiger partial charge is 0.809 e. The predicted octanol–water partition coefficient (Wildman–Crippen LogP) is -9.25. The van der Waals surface area contributed by atoms with Crippen molar-refractivity contribution in [2.75, 3.05) is 26.2 Å². The number of rotatable bonds is 10. The van der Waals surface area contributed by atoms with E-state index in [0.29, 0.717) is 0 Å². The molecule has 27 heavy (non-hydrogen) atoms. The van der Waals surface area contributed by atoms with Crippen LogP contribution in [0.15, 0.2) is 17.4 Å². The minimum absolute atomic E-state index is 0. The van der Waals surface area contributed by atoms with Gasteiger partial charge in [0.05, 0.1) is 51.5 Å². The summed E-state index contributed by atoms with van der Waals surface area (Å²) >= 11 is 0. The molecule has 0 radical (unpaired) electrons. The molecular formula is C12H17N4Na2O8P. The molecule has 2 rings (SSSR count). The van der Waals surface area contributed by atoms with Crippen molar-refractivity contribution in [3.05, 3.63) is 23.0 Å². The van der Waals surface area contributed by atoms with Gasteiger partial charge in [-0.05, 0) is 7.60 Å². The van der Waals surface area contributed by atoms with E-state index in [2.05, 4.69) is 15.0 Å². The Morgan fingerprint density at radius 2 is 2.00 bits per heavy atom. The molecule has 0 aliphatic rings. The van der Waals surface area contributed by atoms with Gasteiger partial charge < -0.3 is 43.6 Å². The summed E-state index contributed by atoms with van der Waals surface area (Å²) in [5.74, 6) is 0. The fourth-order valence-corrected chi connectivity index (χ4v) is 2.32. The maximum absolute atomic E-state index is 11.6. The zero-order valence-electron chi connectivity index (χ0n) is 15.0. The molecule has 3 N–H and O–H groups in total. The molecule has 0 amide bonds. The summed E-state index contributed by atoms with van der Waals surface area (Å²) in [6.07, 6.45) is -0.370. The molecule has 1 unspecified atom stereocenters. The van der Waals surface area contributed by atoms with E-state index in [9.17, 15) is 24.3 Å². The van der Waals surface area contributed by atoms with Gasteiger partial charge in [0.1, 0.15) is 6.10 Å². The molecule has 12 nitrogen and oxygen atoms in total. The van der Waals surface area contributed by atoms with Crippen molar-refractivity contribution >= 4 is 18.8 Å². The van der Waals surface area contributed by atoms with E-state index in [1.165, 1.54) is 17.2 Å². The van der Waals surface area contributed by atoms with Crippen molar-refractivity contribution < 1.29 is 93.2 Å². The van der Waals surface area contributed by atoms with E-state index < -0.39 is 38.3 Å². The van der Waals surface area contributed by atoms with Crippen molar-refractivity contribution in [2.24, 2.45) is 0 Å². The molecule has 0 aliphatic carbocycles. The summed E-state index contributed by atoms with van der Waals surface area (Å²) in [5.41, 5.74) is -0.0358. The number of imidazole rings is 1. The molecule has 0 bridgehead atoms. The Balaban J connectivity index is 0.00000338. The summed E-state index contributed by atoms with van der Waals surface area (Å²) in [6.45, 7) is -0.963. The molecule has 0 saturated heterocycles. The van der Waals surface area contributed by atoms with Gasteiger partial charge in [0.15, 0.2) is 11.2 Å². The number of fused-ring (bicyclic) bond motifs is 1. The second kappa shape index (κ2) is 12.8. The first kappa shape index (κ1) is 27.3. The Morgan fingerprint density at radius 1 is 1.30 bits per heavy atom. The van der Waals surface area contributed by atoms with E-state index in [1.54, 1.807) is 0 Å². The van der Waals surface area contributed by atoms with Crippen LogP contribution in [0.2, 0.25) is 0 Å². The van der Waals surface area contributed by atoms with Crippen molar-refractivity contribution in [3.8, 4) is 0 Å². The summed E-state index contributed by atoms with van der Waals surface area (Å²) in [7, 11) is -4.83. The number of nitrogens with one attached hydrogen (secondary N) is 1. The Labute approximate surface area is 198 Å². The molecule has 2 aromatic heterocycles. The number of hydrogen-bond acceptors (Lipinski definition) is 10. The van der Waals surface area contributed by atoms with Crippen LogP contribution < -0.4 is 74.5 Å². The second-order valence-corrected chi connectivity index (χ2v) is 6.68. The molecule has 2 heterocycles. The van der Waals surface area contributed by atoms with Gasteiger partial charge in [0, 0.05) is 0 Å². The molecule has 0 aromatic carbocycles. The number of aliphatic hydroxyl groups excluding tert-OH is 2. The Hall–Kier alpha value is 0.340. The minimum Gasteiger partial charge on any atom is -0.809 e. The molecule has 2 aromatic rings. The van der Waals surface area contributed by atoms with Crippen molar-refractivity contribution in [2.45, 2.75) is 18.8 Å². The van der Waals surface area contributed by atoms with Gasteiger partial charge in [-0.2, -0.15) is 0 Å². The van der Waals surface area contributed by atoms with Crippen LogP contribution in [0.1, 0.15) is 0 Å². The molecule has 0 saturated carbocycles. The van der Waals surface area contributed by atoms with Crippen LogP contribution in [0.5, 0.6) is 0 Å². The average Bonchev–Trinajstić information content (AvgIpc) is 2.95. The molecular weight excluding hydrogens is 405 g/mol. The average molecular weight is 422 g/mol. The Bertz CT molecular complexity index is 797. The van der Waals surface area contributed by atoms with Crippen LogP contribution in [0.3, 0.4) is 0 Å². The fraction of sp³-hybridized carbons (Fsp3) is 0.583. The Kier molecular flexibility index (Phi) is 13.0. The van der Waals surface area contributed by atoms with Gasteiger partial charge in [0.2, 0.25) is 0 Å². The molecule has 0 aliphatic heterocycles. The Morgan fingerprint density at radius 3 is 2.63 bits per heavy atom. The van der Waals surface area contributed by atoms with Crippen LogP contribution in [0.25, 0.3) is 11.2 Å². The first-order valence-corrected chi connectivity index (χ1v) is 8.91. The second-order valence-electron chi connectivity index (χ2n) is 5.20. The number of H-pyrrole nitrogens is 1. The van der Waals surface area contributed by atoms with Gasteiger partial charge in [-0.25, -0.2) is 9.97 Å². The number of aromatic amines is 1. The third kappa shape index (κ3) is 9.13. The van der Waals surface area contributed by atoms with Crippen LogP contribution in [0, 0.1) is 0 Å². The zero-order chi connectivity index (χ0) is 18.4. The summed E-state index contributed by atoms with van der Waals surface area (Å²) in [4.78, 5) is 43.2. The van der Waals surface area contributed by atoms with E-state index >= 15 is 0 Å². The molecule has 2 atom stereocenters. The van der Waals surface area contributed by atoms with Gasteiger partial charge in [-0.1, -0.05) is 0 Å². The normalized spacial score (nSPS) is 13.6. The first-order valence-electron chi connectivity index (χ1n) is 7.18. The third-order valence-electron chi connectivity index (χ3n) is 3.10. The quantitative estimate of drug-likeness (QED) is 0.245. The maximum atomic E-state index is 11.6. The van der Waals surface area contributed by atoms with Gasteiger partial charge in [-0.3, -0.25) is 4.79 Å². The first-order chi connectivity index (χ1) is 11.8. The van der Waals surface area contributed by atoms with Crippen LogP contribution in [0.4, 0.5) is 0 Å². The molecule has 0 fully saturated rings. The van der Waals surface area contributed by atoms with Crippen molar-refractivity contribution in [1.29, 1.82) is 0 Å². The minimum atomic E-state index is -4.83. The van der Waals surface area contributed by atoms with E-state index in [4.69, 9.17) is 14.6 Å². The topological polar surface area (TPSA) is 186 Å². The number of aliphatic hydroxyl groups is 2. The van der Waals surface area contributed by atoms with Crippen molar-refractivity contribution in [3.63, 3.8) is 0 Å². The van der Waals surface area contributed by atoms with Crippen LogP contribution >= 0.6 is 7.60 Å². The molecule has 0 spiro atoms. The predicted molar refractivity (Wildman–Crippen MR) is 79.4 cm³/mol. The summed E-state index contributed by atoms with van der Waals surface area (Å²) in [6, 6.07) is 0. The zero-order valence-corrected chi connectivity index (χ0v) is 19.9. The van der Waals surface area contributed by atoms with Gasteiger partial charge >= 0.3 is 59.1 Å². The SMILES string of the molecule is O=c1[nH]cnc2c1ncn2C[C@H](COCP(=O)([O-])[O-])OCC(O)CO.[Na+].[Na+]. The van der Waals surface area contributed by atoms with Crippen LogP contribution in [-0.2, 0) is 20.6 Å². The number of aromatic nitrogens is 4. The maximum Gasteiger partial charge on any atom is 1.00 e. The number of ether oxygens (including phenoxy) is 2. The summed E-state index contributed by atoms with van der Waals surface area (Å²) < 4.78 is 22.3. The molecule has 15 heteroatoms. The largest absolute Gasteiger partial charge is 1.00 e. The molecule has 140 valence electrons. The van der Waals surface area contributed by atoms with E-state index in [1.807, 2.05) is 0 Å². The van der Waals surface area contributed by atoms with Gasteiger partial charge in [0.25, 0.3) is 5.56 Å². The van der Waals surface area contributed by atoms with Crippen LogP contribution in [-0.4, -0.2) is 68.1 Å². The number of hydrogen-bond donors (Lipinski definition) is 3.